The Hall–Kier alpha value is -1.42. The van der Waals surface area contributed by atoms with E-state index < -0.39 is 0 Å². The molecule has 2 heterocycles. The molecule has 4 heteroatoms. The monoisotopic (exact) mass is 263 g/mol. The van der Waals surface area contributed by atoms with Crippen molar-refractivity contribution in [3.05, 3.63) is 35.6 Å². The third-order valence-corrected chi connectivity index (χ3v) is 4.04. The molecule has 1 aromatic carbocycles. The van der Waals surface area contributed by atoms with Gasteiger partial charge in [-0.15, -0.1) is 0 Å². The Bertz CT molecular complexity index is 460. The van der Waals surface area contributed by atoms with Gasteiger partial charge >= 0.3 is 0 Å². The van der Waals surface area contributed by atoms with Crippen LogP contribution in [-0.4, -0.2) is 36.1 Å². The van der Waals surface area contributed by atoms with Crippen molar-refractivity contribution in [3.8, 4) is 0 Å². The van der Waals surface area contributed by atoms with Gasteiger partial charge in [-0.2, -0.15) is 0 Å². The molecule has 0 aromatic heterocycles. The van der Waals surface area contributed by atoms with Crippen LogP contribution < -0.4 is 0 Å². The first-order chi connectivity index (χ1) is 9.11. The highest BCUT2D eigenvalue weighted by molar-refractivity contribution is 5.79. The second-order valence-corrected chi connectivity index (χ2v) is 5.58. The molecule has 3 atom stereocenters. The van der Waals surface area contributed by atoms with Crippen LogP contribution in [0, 0.1) is 11.7 Å². The maximum absolute atomic E-state index is 12.8. The highest BCUT2D eigenvalue weighted by atomic mass is 19.1. The number of amides is 1. The van der Waals surface area contributed by atoms with Crippen LogP contribution in [-0.2, 0) is 16.0 Å². The molecule has 19 heavy (non-hydrogen) atoms. The number of hydrogen-bond acceptors (Lipinski definition) is 2. The molecule has 0 saturated carbocycles. The summed E-state index contributed by atoms with van der Waals surface area (Å²) >= 11 is 0. The number of fused-ring (bicyclic) bond motifs is 1. The molecule has 2 fully saturated rings. The van der Waals surface area contributed by atoms with Gasteiger partial charge in [0.25, 0.3) is 0 Å². The number of halogens is 1. The maximum Gasteiger partial charge on any atom is 0.227 e. The molecular weight excluding hydrogens is 245 g/mol. The molecule has 0 unspecified atom stereocenters. The van der Waals surface area contributed by atoms with Crippen molar-refractivity contribution in [2.75, 3.05) is 13.1 Å². The van der Waals surface area contributed by atoms with Crippen LogP contribution in [0.25, 0.3) is 0 Å². The van der Waals surface area contributed by atoms with Gasteiger partial charge in [0, 0.05) is 19.0 Å². The van der Waals surface area contributed by atoms with Crippen LogP contribution in [0.1, 0.15) is 18.9 Å². The van der Waals surface area contributed by atoms with Gasteiger partial charge in [0.2, 0.25) is 5.91 Å². The highest BCUT2D eigenvalue weighted by Gasteiger charge is 2.41. The minimum atomic E-state index is -0.269. The fourth-order valence-electron chi connectivity index (χ4n) is 3.09. The van der Waals surface area contributed by atoms with Gasteiger partial charge in [0.1, 0.15) is 5.82 Å². The summed E-state index contributed by atoms with van der Waals surface area (Å²) in [5.74, 6) is 0.332. The van der Waals surface area contributed by atoms with Gasteiger partial charge in [0.05, 0.1) is 18.6 Å². The number of carbonyl (C=O) groups is 1. The first-order valence-electron chi connectivity index (χ1n) is 6.79. The Labute approximate surface area is 112 Å². The van der Waals surface area contributed by atoms with Gasteiger partial charge in [0.15, 0.2) is 0 Å². The number of hydrogen-bond donors (Lipinski definition) is 0. The smallest absolute Gasteiger partial charge is 0.227 e. The van der Waals surface area contributed by atoms with E-state index in [0.717, 1.165) is 18.5 Å². The molecule has 3 nitrogen and oxygen atoms in total. The largest absolute Gasteiger partial charge is 0.373 e. The van der Waals surface area contributed by atoms with Crippen molar-refractivity contribution in [1.29, 1.82) is 0 Å². The summed E-state index contributed by atoms with van der Waals surface area (Å²) in [5, 5.41) is 0. The Kier molecular flexibility index (Phi) is 3.27. The third-order valence-electron chi connectivity index (χ3n) is 4.04. The lowest BCUT2D eigenvalue weighted by atomic mass is 10.0. The molecule has 2 saturated heterocycles. The van der Waals surface area contributed by atoms with Crippen molar-refractivity contribution >= 4 is 5.91 Å². The first-order valence-corrected chi connectivity index (χ1v) is 6.79. The zero-order valence-corrected chi connectivity index (χ0v) is 11.0. The molecule has 0 aliphatic carbocycles. The van der Waals surface area contributed by atoms with Crippen LogP contribution in [0.2, 0.25) is 0 Å². The standard InChI is InChI=1S/C15H18FNO2/c1-10-6-12-8-17(9-14(12)19-10)15(18)7-11-2-4-13(16)5-3-11/h2-5,10,12,14H,6-9H2,1H3/t10-,12+,14-/m1/s1. The predicted octanol–water partition coefficient (Wildman–Crippen LogP) is 2.00. The molecule has 3 rings (SSSR count). The fraction of sp³-hybridized carbons (Fsp3) is 0.533. The zero-order chi connectivity index (χ0) is 13.4. The molecular formula is C15H18FNO2. The molecule has 0 N–H and O–H groups in total. The lowest BCUT2D eigenvalue weighted by molar-refractivity contribution is -0.130. The second-order valence-electron chi connectivity index (χ2n) is 5.58. The summed E-state index contributed by atoms with van der Waals surface area (Å²) in [5.41, 5.74) is 0.859. The normalized spacial score (nSPS) is 29.6. The highest BCUT2D eigenvalue weighted by Crippen LogP contribution is 2.32. The Morgan fingerprint density at radius 3 is 2.79 bits per heavy atom. The summed E-state index contributed by atoms with van der Waals surface area (Å²) in [7, 11) is 0. The summed E-state index contributed by atoms with van der Waals surface area (Å²) in [6.07, 6.45) is 1.93. The van der Waals surface area contributed by atoms with E-state index in [1.807, 2.05) is 4.90 Å². The number of likely N-dealkylation sites (tertiary alicyclic amines) is 1. The molecule has 0 radical (unpaired) electrons. The van der Waals surface area contributed by atoms with Crippen molar-refractivity contribution in [2.24, 2.45) is 5.92 Å². The molecule has 0 bridgehead atoms. The number of benzene rings is 1. The van der Waals surface area contributed by atoms with E-state index in [1.54, 1.807) is 12.1 Å². The average Bonchev–Trinajstić information content (AvgIpc) is 2.89. The van der Waals surface area contributed by atoms with E-state index >= 15 is 0 Å². The minimum absolute atomic E-state index is 0.109. The summed E-state index contributed by atoms with van der Waals surface area (Å²) < 4.78 is 18.6. The predicted molar refractivity (Wildman–Crippen MR) is 69.1 cm³/mol. The summed E-state index contributed by atoms with van der Waals surface area (Å²) in [6.45, 7) is 3.59. The lowest BCUT2D eigenvalue weighted by Gasteiger charge is -2.18. The number of ether oxygens (including phenoxy) is 1. The Morgan fingerprint density at radius 2 is 2.11 bits per heavy atom. The number of nitrogens with zero attached hydrogens (tertiary/aromatic N) is 1. The van der Waals surface area contributed by atoms with Gasteiger partial charge in [-0.3, -0.25) is 4.79 Å². The van der Waals surface area contributed by atoms with E-state index in [4.69, 9.17) is 4.74 Å². The van der Waals surface area contributed by atoms with Crippen LogP contribution in [0.15, 0.2) is 24.3 Å². The second kappa shape index (κ2) is 4.93. The van der Waals surface area contributed by atoms with Crippen molar-refractivity contribution < 1.29 is 13.9 Å². The molecule has 1 aromatic rings. The van der Waals surface area contributed by atoms with Crippen molar-refractivity contribution in [3.63, 3.8) is 0 Å². The topological polar surface area (TPSA) is 29.5 Å². The van der Waals surface area contributed by atoms with Crippen LogP contribution >= 0.6 is 0 Å². The Morgan fingerprint density at radius 1 is 1.37 bits per heavy atom. The SMILES string of the molecule is C[C@@H]1C[C@H]2CN(C(=O)Cc3ccc(F)cc3)C[C@H]2O1. The summed E-state index contributed by atoms with van der Waals surface area (Å²) in [6, 6.07) is 6.13. The number of carbonyl (C=O) groups excluding carboxylic acids is 1. The number of rotatable bonds is 2. The van der Waals surface area contributed by atoms with Gasteiger partial charge in [-0.25, -0.2) is 4.39 Å². The van der Waals surface area contributed by atoms with E-state index in [0.29, 0.717) is 25.0 Å². The maximum atomic E-state index is 12.8. The van der Waals surface area contributed by atoms with E-state index in [9.17, 15) is 9.18 Å². The van der Waals surface area contributed by atoms with Crippen LogP contribution in [0.3, 0.4) is 0 Å². The van der Waals surface area contributed by atoms with Gasteiger partial charge < -0.3 is 9.64 Å². The molecule has 2 aliphatic heterocycles. The fourth-order valence-corrected chi connectivity index (χ4v) is 3.09. The quantitative estimate of drug-likeness (QED) is 0.817. The first kappa shape index (κ1) is 12.6. The van der Waals surface area contributed by atoms with E-state index in [-0.39, 0.29) is 17.8 Å². The summed E-state index contributed by atoms with van der Waals surface area (Å²) in [4.78, 5) is 14.1. The zero-order valence-electron chi connectivity index (χ0n) is 11.0. The average molecular weight is 263 g/mol. The third kappa shape index (κ3) is 2.63. The lowest BCUT2D eigenvalue weighted by Crippen LogP contribution is -2.32. The molecule has 0 spiro atoms. The molecule has 102 valence electrons. The Balaban J connectivity index is 1.59. The van der Waals surface area contributed by atoms with E-state index in [2.05, 4.69) is 6.92 Å². The van der Waals surface area contributed by atoms with Crippen molar-refractivity contribution in [2.45, 2.75) is 32.0 Å². The molecule has 2 aliphatic rings. The van der Waals surface area contributed by atoms with Crippen LogP contribution in [0.4, 0.5) is 4.39 Å². The van der Waals surface area contributed by atoms with Crippen molar-refractivity contribution in [1.82, 2.24) is 4.90 Å². The van der Waals surface area contributed by atoms with E-state index in [1.165, 1.54) is 12.1 Å². The minimum Gasteiger partial charge on any atom is -0.373 e. The van der Waals surface area contributed by atoms with Gasteiger partial charge in [-0.1, -0.05) is 12.1 Å². The van der Waals surface area contributed by atoms with Crippen LogP contribution in [0.5, 0.6) is 0 Å². The molecule has 1 amide bonds. The van der Waals surface area contributed by atoms with Gasteiger partial charge in [-0.05, 0) is 31.0 Å².